The molecule has 1 saturated heterocycles. The van der Waals surface area contributed by atoms with E-state index >= 15 is 0 Å². The molecule has 4 heteroatoms. The molecule has 1 unspecified atom stereocenters. The Morgan fingerprint density at radius 2 is 2.64 bits per heavy atom. The number of aromatic nitrogens is 2. The van der Waals surface area contributed by atoms with Crippen molar-refractivity contribution in [3.05, 3.63) is 17.7 Å². The van der Waals surface area contributed by atoms with Crippen LogP contribution in [0.2, 0.25) is 0 Å². The molecule has 4 nitrogen and oxygen atoms in total. The second-order valence-electron chi connectivity index (χ2n) is 3.85. The Morgan fingerprint density at radius 1 is 1.71 bits per heavy atom. The van der Waals surface area contributed by atoms with Crippen LogP contribution in [0, 0.1) is 12.8 Å². The molecule has 0 aliphatic carbocycles. The molecule has 2 heterocycles. The molecule has 78 valence electrons. The average Bonchev–Trinajstić information content (AvgIpc) is 2.77. The number of nitrogens with zero attached hydrogens (tertiary/aromatic N) is 1. The fourth-order valence-electron chi connectivity index (χ4n) is 1.72. The highest BCUT2D eigenvalue weighted by atomic mass is 16.5. The number of aromatic amines is 1. The minimum Gasteiger partial charge on any atom is -0.381 e. The van der Waals surface area contributed by atoms with Crippen LogP contribution in [0.3, 0.4) is 0 Å². The molecule has 1 fully saturated rings. The second-order valence-corrected chi connectivity index (χ2v) is 3.85. The first-order valence-electron chi connectivity index (χ1n) is 5.13. The van der Waals surface area contributed by atoms with Crippen molar-refractivity contribution in [2.45, 2.75) is 19.9 Å². The molecular weight excluding hydrogens is 178 g/mol. The van der Waals surface area contributed by atoms with Crippen LogP contribution in [0.5, 0.6) is 0 Å². The number of rotatable bonds is 4. The highest BCUT2D eigenvalue weighted by Gasteiger charge is 2.14. The normalized spacial score (nSPS) is 21.6. The summed E-state index contributed by atoms with van der Waals surface area (Å²) in [5.41, 5.74) is 1.15. The van der Waals surface area contributed by atoms with E-state index in [9.17, 15) is 0 Å². The third-order valence-electron chi connectivity index (χ3n) is 2.53. The van der Waals surface area contributed by atoms with Crippen molar-refractivity contribution in [3.8, 4) is 0 Å². The van der Waals surface area contributed by atoms with Gasteiger partial charge in [0.05, 0.1) is 6.61 Å². The van der Waals surface area contributed by atoms with Crippen molar-refractivity contribution in [1.82, 2.24) is 15.3 Å². The van der Waals surface area contributed by atoms with Gasteiger partial charge >= 0.3 is 0 Å². The first-order chi connectivity index (χ1) is 6.84. The van der Waals surface area contributed by atoms with Gasteiger partial charge in [-0.05, 0) is 19.3 Å². The molecule has 0 amide bonds. The average molecular weight is 195 g/mol. The maximum absolute atomic E-state index is 5.30. The zero-order valence-electron chi connectivity index (χ0n) is 8.55. The first kappa shape index (κ1) is 9.68. The van der Waals surface area contributed by atoms with Gasteiger partial charge in [-0.25, -0.2) is 4.98 Å². The molecule has 1 aromatic rings. The van der Waals surface area contributed by atoms with E-state index in [1.807, 2.05) is 13.1 Å². The van der Waals surface area contributed by atoms with Gasteiger partial charge in [0.25, 0.3) is 0 Å². The fourth-order valence-corrected chi connectivity index (χ4v) is 1.72. The first-order valence-corrected chi connectivity index (χ1v) is 5.13. The number of H-pyrrole nitrogens is 1. The highest BCUT2D eigenvalue weighted by molar-refractivity contribution is 4.99. The van der Waals surface area contributed by atoms with Gasteiger partial charge in [-0.15, -0.1) is 0 Å². The van der Waals surface area contributed by atoms with Crippen LogP contribution >= 0.6 is 0 Å². The van der Waals surface area contributed by atoms with Gasteiger partial charge in [-0.3, -0.25) is 0 Å². The van der Waals surface area contributed by atoms with Gasteiger partial charge in [0.1, 0.15) is 5.82 Å². The molecule has 2 rings (SSSR count). The van der Waals surface area contributed by atoms with Gasteiger partial charge in [-0.1, -0.05) is 0 Å². The SMILES string of the molecule is Cc1ncc(CNCC2CCOC2)[nH]1. The third-order valence-corrected chi connectivity index (χ3v) is 2.53. The van der Waals surface area contributed by atoms with Crippen LogP contribution in [0.4, 0.5) is 0 Å². The van der Waals surface area contributed by atoms with Crippen LogP contribution in [0.25, 0.3) is 0 Å². The molecular formula is C10H17N3O. The minimum absolute atomic E-state index is 0.694. The molecule has 0 spiro atoms. The molecule has 2 N–H and O–H groups in total. The Kier molecular flexibility index (Phi) is 3.16. The van der Waals surface area contributed by atoms with Crippen molar-refractivity contribution in [3.63, 3.8) is 0 Å². The van der Waals surface area contributed by atoms with E-state index in [-0.39, 0.29) is 0 Å². The summed E-state index contributed by atoms with van der Waals surface area (Å²) in [6, 6.07) is 0. The van der Waals surface area contributed by atoms with Crippen LogP contribution in [0.1, 0.15) is 17.9 Å². The number of ether oxygens (including phenoxy) is 1. The molecule has 1 atom stereocenters. The molecule has 0 aromatic carbocycles. The summed E-state index contributed by atoms with van der Waals surface area (Å²) in [5.74, 6) is 1.67. The van der Waals surface area contributed by atoms with E-state index < -0.39 is 0 Å². The summed E-state index contributed by atoms with van der Waals surface area (Å²) in [7, 11) is 0. The van der Waals surface area contributed by atoms with Crippen molar-refractivity contribution >= 4 is 0 Å². The van der Waals surface area contributed by atoms with Crippen LogP contribution in [-0.2, 0) is 11.3 Å². The van der Waals surface area contributed by atoms with E-state index in [1.54, 1.807) is 0 Å². The summed E-state index contributed by atoms with van der Waals surface area (Å²) in [6.45, 7) is 5.72. The molecule has 0 saturated carbocycles. The monoisotopic (exact) mass is 195 g/mol. The van der Waals surface area contributed by atoms with Crippen molar-refractivity contribution in [1.29, 1.82) is 0 Å². The van der Waals surface area contributed by atoms with E-state index in [1.165, 1.54) is 6.42 Å². The number of hydrogen-bond acceptors (Lipinski definition) is 3. The summed E-state index contributed by atoms with van der Waals surface area (Å²) >= 11 is 0. The highest BCUT2D eigenvalue weighted by Crippen LogP contribution is 2.10. The lowest BCUT2D eigenvalue weighted by atomic mass is 10.1. The van der Waals surface area contributed by atoms with Crippen molar-refractivity contribution < 1.29 is 4.74 Å². The number of imidazole rings is 1. The fraction of sp³-hybridized carbons (Fsp3) is 0.700. The Morgan fingerprint density at radius 3 is 3.29 bits per heavy atom. The lowest BCUT2D eigenvalue weighted by Crippen LogP contribution is -2.22. The predicted molar refractivity (Wildman–Crippen MR) is 54.0 cm³/mol. The van der Waals surface area contributed by atoms with Gasteiger partial charge in [0, 0.05) is 31.6 Å². The van der Waals surface area contributed by atoms with Gasteiger partial charge in [-0.2, -0.15) is 0 Å². The largest absolute Gasteiger partial charge is 0.381 e. The molecule has 14 heavy (non-hydrogen) atoms. The second kappa shape index (κ2) is 4.57. The quantitative estimate of drug-likeness (QED) is 0.748. The summed E-state index contributed by atoms with van der Waals surface area (Å²) in [4.78, 5) is 7.34. The van der Waals surface area contributed by atoms with Gasteiger partial charge in [0.15, 0.2) is 0 Å². The lowest BCUT2D eigenvalue weighted by molar-refractivity contribution is 0.185. The molecule has 0 radical (unpaired) electrons. The standard InChI is InChI=1S/C10H17N3O/c1-8-12-6-10(13-8)5-11-4-9-2-3-14-7-9/h6,9,11H,2-5,7H2,1H3,(H,12,13). The van der Waals surface area contributed by atoms with E-state index in [0.29, 0.717) is 5.92 Å². The number of hydrogen-bond donors (Lipinski definition) is 2. The van der Waals surface area contributed by atoms with Crippen LogP contribution < -0.4 is 5.32 Å². The smallest absolute Gasteiger partial charge is 0.103 e. The maximum Gasteiger partial charge on any atom is 0.103 e. The Hall–Kier alpha value is -0.870. The van der Waals surface area contributed by atoms with Crippen LogP contribution in [0.15, 0.2) is 6.20 Å². The van der Waals surface area contributed by atoms with E-state index in [4.69, 9.17) is 4.74 Å². The zero-order chi connectivity index (χ0) is 9.80. The topological polar surface area (TPSA) is 49.9 Å². The predicted octanol–water partition coefficient (Wildman–Crippen LogP) is 0.844. The Balaban J connectivity index is 1.67. The number of aryl methyl sites for hydroxylation is 1. The van der Waals surface area contributed by atoms with Gasteiger partial charge < -0.3 is 15.0 Å². The molecule has 1 aliphatic heterocycles. The zero-order valence-corrected chi connectivity index (χ0v) is 8.55. The molecule has 0 bridgehead atoms. The van der Waals surface area contributed by atoms with Crippen molar-refractivity contribution in [2.75, 3.05) is 19.8 Å². The van der Waals surface area contributed by atoms with E-state index in [2.05, 4.69) is 15.3 Å². The summed E-state index contributed by atoms with van der Waals surface area (Å²) in [6.07, 6.45) is 3.07. The Labute approximate surface area is 84.1 Å². The molecule has 1 aliphatic rings. The van der Waals surface area contributed by atoms with Crippen LogP contribution in [-0.4, -0.2) is 29.7 Å². The molecule has 1 aromatic heterocycles. The third kappa shape index (κ3) is 2.56. The van der Waals surface area contributed by atoms with Crippen molar-refractivity contribution in [2.24, 2.45) is 5.92 Å². The van der Waals surface area contributed by atoms with E-state index in [0.717, 1.165) is 37.8 Å². The summed E-state index contributed by atoms with van der Waals surface area (Å²) in [5, 5.41) is 3.41. The lowest BCUT2D eigenvalue weighted by Gasteiger charge is -2.07. The number of nitrogens with one attached hydrogen (secondary N) is 2. The minimum atomic E-state index is 0.694. The Bertz CT molecular complexity index is 279. The van der Waals surface area contributed by atoms with Gasteiger partial charge in [0.2, 0.25) is 0 Å². The maximum atomic E-state index is 5.30. The summed E-state index contributed by atoms with van der Waals surface area (Å²) < 4.78 is 5.30.